The number of nitrogens with one attached hydrogen (secondary N) is 1. The summed E-state index contributed by atoms with van der Waals surface area (Å²) in [5, 5.41) is 2.94. The number of nitrogens with zero attached hydrogens (tertiary/aromatic N) is 1. The van der Waals surface area contributed by atoms with Gasteiger partial charge in [0.05, 0.1) is 0 Å². The number of carbonyl (C=O) groups is 1. The summed E-state index contributed by atoms with van der Waals surface area (Å²) in [4.78, 5) is 13.9. The van der Waals surface area contributed by atoms with Gasteiger partial charge < -0.3 is 10.2 Å². The lowest BCUT2D eigenvalue weighted by atomic mass is 10.1. The normalized spacial score (nSPS) is 17.8. The Hall–Kier alpha value is -1.77. The maximum atomic E-state index is 11.8. The Morgan fingerprint density at radius 1 is 1.33 bits per heavy atom. The molecule has 1 N–H and O–H groups in total. The third-order valence-corrected chi connectivity index (χ3v) is 3.23. The fourth-order valence-corrected chi connectivity index (χ4v) is 2.16. The summed E-state index contributed by atoms with van der Waals surface area (Å²) in [5.74, 6) is 0.523. The van der Waals surface area contributed by atoms with E-state index in [-0.39, 0.29) is 5.91 Å². The molecule has 0 fully saturated rings. The van der Waals surface area contributed by atoms with Crippen LogP contribution in [0.25, 0.3) is 0 Å². The molecule has 0 aliphatic heterocycles. The second-order valence-electron chi connectivity index (χ2n) is 4.96. The summed E-state index contributed by atoms with van der Waals surface area (Å²) < 4.78 is 0. The van der Waals surface area contributed by atoms with Crippen LogP contribution in [0.3, 0.4) is 0 Å². The molecule has 3 heteroatoms. The van der Waals surface area contributed by atoms with E-state index in [4.69, 9.17) is 0 Å². The van der Waals surface area contributed by atoms with Crippen molar-refractivity contribution in [3.63, 3.8) is 0 Å². The van der Waals surface area contributed by atoms with Gasteiger partial charge in [-0.05, 0) is 43.0 Å². The van der Waals surface area contributed by atoms with E-state index in [0.29, 0.717) is 12.3 Å². The first kappa shape index (κ1) is 12.7. The van der Waals surface area contributed by atoms with Crippen LogP contribution in [-0.4, -0.2) is 20.0 Å². The Morgan fingerprint density at radius 3 is 2.61 bits per heavy atom. The third kappa shape index (κ3) is 3.36. The molecule has 0 saturated carbocycles. The predicted octanol–water partition coefficient (Wildman–Crippen LogP) is 3.05. The van der Waals surface area contributed by atoms with E-state index in [9.17, 15) is 4.79 Å². The van der Waals surface area contributed by atoms with Gasteiger partial charge in [0.1, 0.15) is 0 Å². The second-order valence-corrected chi connectivity index (χ2v) is 4.96. The Morgan fingerprint density at radius 2 is 2.06 bits per heavy atom. The molecule has 0 spiro atoms. The quantitative estimate of drug-likeness (QED) is 0.826. The zero-order chi connectivity index (χ0) is 13.0. The zero-order valence-corrected chi connectivity index (χ0v) is 11.0. The van der Waals surface area contributed by atoms with Crippen molar-refractivity contribution < 1.29 is 4.79 Å². The van der Waals surface area contributed by atoms with Crippen LogP contribution in [0.5, 0.6) is 0 Å². The Labute approximate surface area is 108 Å². The van der Waals surface area contributed by atoms with Crippen LogP contribution in [0.1, 0.15) is 19.3 Å². The molecular formula is C15H20N2O. The number of allylic oxidation sites excluding steroid dienone is 2. The van der Waals surface area contributed by atoms with Gasteiger partial charge in [0.2, 0.25) is 5.91 Å². The van der Waals surface area contributed by atoms with E-state index >= 15 is 0 Å². The minimum absolute atomic E-state index is 0.101. The Kier molecular flexibility index (Phi) is 4.03. The second kappa shape index (κ2) is 5.71. The van der Waals surface area contributed by atoms with Crippen LogP contribution >= 0.6 is 0 Å². The minimum Gasteiger partial charge on any atom is -0.378 e. The molecule has 18 heavy (non-hydrogen) atoms. The molecule has 0 radical (unpaired) electrons. The minimum atomic E-state index is 0.101. The first-order valence-electron chi connectivity index (χ1n) is 6.39. The maximum Gasteiger partial charge on any atom is 0.224 e. The van der Waals surface area contributed by atoms with Crippen LogP contribution < -0.4 is 10.2 Å². The third-order valence-electron chi connectivity index (χ3n) is 3.23. The SMILES string of the molecule is CN(C)c1ccc(NC(=O)C[C@@H]2C=CCC2)cc1. The van der Waals surface area contributed by atoms with Crippen molar-refractivity contribution in [2.45, 2.75) is 19.3 Å². The summed E-state index contributed by atoms with van der Waals surface area (Å²) in [6.07, 6.45) is 7.10. The van der Waals surface area contributed by atoms with Crippen LogP contribution in [0, 0.1) is 5.92 Å². The van der Waals surface area contributed by atoms with Crippen molar-refractivity contribution >= 4 is 17.3 Å². The van der Waals surface area contributed by atoms with E-state index < -0.39 is 0 Å². The summed E-state index contributed by atoms with van der Waals surface area (Å²) in [5.41, 5.74) is 2.00. The number of hydrogen-bond acceptors (Lipinski definition) is 2. The summed E-state index contributed by atoms with van der Waals surface area (Å²) in [6.45, 7) is 0. The smallest absolute Gasteiger partial charge is 0.224 e. The average molecular weight is 244 g/mol. The number of amides is 1. The lowest BCUT2D eigenvalue weighted by molar-refractivity contribution is -0.116. The standard InChI is InChI=1S/C15H20N2O/c1-17(2)14-9-7-13(8-10-14)16-15(18)11-12-5-3-4-6-12/h3,5,7-10,12H,4,6,11H2,1-2H3,(H,16,18)/t12-/m1/s1. The highest BCUT2D eigenvalue weighted by atomic mass is 16.1. The van der Waals surface area contributed by atoms with Crippen LogP contribution in [0.2, 0.25) is 0 Å². The van der Waals surface area contributed by atoms with Gasteiger partial charge in [-0.1, -0.05) is 12.2 Å². The summed E-state index contributed by atoms with van der Waals surface area (Å²) in [6, 6.07) is 7.89. The highest BCUT2D eigenvalue weighted by molar-refractivity contribution is 5.91. The van der Waals surface area contributed by atoms with E-state index in [1.54, 1.807) is 0 Å². The molecule has 1 aliphatic rings. The molecule has 0 heterocycles. The van der Waals surface area contributed by atoms with Gasteiger partial charge in [0, 0.05) is 31.9 Å². The molecule has 1 aliphatic carbocycles. The number of anilines is 2. The van der Waals surface area contributed by atoms with E-state index in [0.717, 1.165) is 24.2 Å². The van der Waals surface area contributed by atoms with Gasteiger partial charge in [-0.25, -0.2) is 0 Å². The fraction of sp³-hybridized carbons (Fsp3) is 0.400. The van der Waals surface area contributed by atoms with Crippen LogP contribution in [0.15, 0.2) is 36.4 Å². The molecule has 3 nitrogen and oxygen atoms in total. The molecular weight excluding hydrogens is 224 g/mol. The maximum absolute atomic E-state index is 11.8. The Bertz CT molecular complexity index is 434. The molecule has 1 aromatic carbocycles. The molecule has 0 saturated heterocycles. The lowest BCUT2D eigenvalue weighted by Crippen LogP contribution is -2.15. The van der Waals surface area contributed by atoms with Crippen LogP contribution in [-0.2, 0) is 4.79 Å². The molecule has 2 rings (SSSR count). The van der Waals surface area contributed by atoms with Gasteiger partial charge in [-0.2, -0.15) is 0 Å². The fourth-order valence-electron chi connectivity index (χ4n) is 2.16. The number of benzene rings is 1. The van der Waals surface area contributed by atoms with Crippen LogP contribution in [0.4, 0.5) is 11.4 Å². The highest BCUT2D eigenvalue weighted by Crippen LogP contribution is 2.21. The molecule has 0 bridgehead atoms. The van der Waals surface area contributed by atoms with Crippen molar-refractivity contribution in [1.82, 2.24) is 0 Å². The van der Waals surface area contributed by atoms with Crippen molar-refractivity contribution in [1.29, 1.82) is 0 Å². The summed E-state index contributed by atoms with van der Waals surface area (Å²) >= 11 is 0. The first-order valence-corrected chi connectivity index (χ1v) is 6.39. The van der Waals surface area contributed by atoms with Gasteiger partial charge in [0.25, 0.3) is 0 Å². The molecule has 1 amide bonds. The number of hydrogen-bond donors (Lipinski definition) is 1. The number of rotatable bonds is 4. The van der Waals surface area contributed by atoms with Crippen molar-refractivity contribution in [3.05, 3.63) is 36.4 Å². The van der Waals surface area contributed by atoms with E-state index in [1.807, 2.05) is 43.3 Å². The molecule has 1 atom stereocenters. The molecule has 96 valence electrons. The van der Waals surface area contributed by atoms with Gasteiger partial charge in [-0.3, -0.25) is 4.79 Å². The first-order chi connectivity index (χ1) is 8.65. The van der Waals surface area contributed by atoms with Crippen molar-refractivity contribution in [2.24, 2.45) is 5.92 Å². The molecule has 0 aromatic heterocycles. The van der Waals surface area contributed by atoms with Crippen molar-refractivity contribution in [3.8, 4) is 0 Å². The molecule has 1 aromatic rings. The Balaban J connectivity index is 1.88. The van der Waals surface area contributed by atoms with E-state index in [2.05, 4.69) is 17.5 Å². The monoisotopic (exact) mass is 244 g/mol. The van der Waals surface area contributed by atoms with Gasteiger partial charge in [0.15, 0.2) is 0 Å². The van der Waals surface area contributed by atoms with Crippen molar-refractivity contribution in [2.75, 3.05) is 24.3 Å². The summed E-state index contributed by atoms with van der Waals surface area (Å²) in [7, 11) is 4.00. The number of carbonyl (C=O) groups excluding carboxylic acids is 1. The van der Waals surface area contributed by atoms with Gasteiger partial charge in [-0.15, -0.1) is 0 Å². The lowest BCUT2D eigenvalue weighted by Gasteiger charge is -2.13. The topological polar surface area (TPSA) is 32.3 Å². The van der Waals surface area contributed by atoms with Gasteiger partial charge >= 0.3 is 0 Å². The largest absolute Gasteiger partial charge is 0.378 e. The molecule has 0 unspecified atom stereocenters. The zero-order valence-electron chi connectivity index (χ0n) is 11.0. The predicted molar refractivity (Wildman–Crippen MR) is 75.9 cm³/mol. The highest BCUT2D eigenvalue weighted by Gasteiger charge is 2.13. The van der Waals surface area contributed by atoms with E-state index in [1.165, 1.54) is 0 Å². The average Bonchev–Trinajstić information content (AvgIpc) is 2.82.